The quantitative estimate of drug-likeness (QED) is 0.739. The van der Waals surface area contributed by atoms with Gasteiger partial charge in [0.25, 0.3) is 0 Å². The fourth-order valence-corrected chi connectivity index (χ4v) is 3.03. The molecule has 2 aromatic carbocycles. The van der Waals surface area contributed by atoms with Crippen molar-refractivity contribution in [3.05, 3.63) is 65.2 Å². The monoisotopic (exact) mass is 363 g/mol. The van der Waals surface area contributed by atoms with Crippen LogP contribution in [-0.2, 0) is 11.2 Å². The zero-order chi connectivity index (χ0) is 19.2. The van der Waals surface area contributed by atoms with E-state index in [9.17, 15) is 9.59 Å². The van der Waals surface area contributed by atoms with Gasteiger partial charge in [-0.25, -0.2) is 9.59 Å². The Bertz CT molecular complexity index is 854. The summed E-state index contributed by atoms with van der Waals surface area (Å²) >= 11 is 0. The molecule has 6 heteroatoms. The van der Waals surface area contributed by atoms with E-state index in [1.54, 1.807) is 48.2 Å². The number of nitrogens with zero attached hydrogens (tertiary/aromatic N) is 3. The highest BCUT2D eigenvalue weighted by Crippen LogP contribution is 2.21. The number of nitriles is 1. The molecule has 1 aliphatic heterocycles. The highest BCUT2D eigenvalue weighted by Gasteiger charge is 2.29. The number of rotatable bonds is 6. The van der Waals surface area contributed by atoms with Gasteiger partial charge >= 0.3 is 12.0 Å². The maximum absolute atomic E-state index is 12.6. The van der Waals surface area contributed by atoms with Crippen LogP contribution in [0.1, 0.15) is 28.4 Å². The van der Waals surface area contributed by atoms with E-state index in [-0.39, 0.29) is 12.0 Å². The van der Waals surface area contributed by atoms with Gasteiger partial charge in [-0.1, -0.05) is 12.1 Å². The van der Waals surface area contributed by atoms with Crippen LogP contribution in [0.5, 0.6) is 0 Å². The first-order chi connectivity index (χ1) is 13.1. The number of urea groups is 1. The van der Waals surface area contributed by atoms with Crippen LogP contribution in [0.3, 0.4) is 0 Å². The lowest BCUT2D eigenvalue weighted by atomic mass is 10.1. The molecule has 27 heavy (non-hydrogen) atoms. The van der Waals surface area contributed by atoms with E-state index in [2.05, 4.69) is 6.07 Å². The smallest absolute Gasteiger partial charge is 0.338 e. The molecular formula is C21H21N3O3. The molecular weight excluding hydrogens is 342 g/mol. The Balaban J connectivity index is 1.56. The molecule has 0 atom stereocenters. The van der Waals surface area contributed by atoms with E-state index in [0.717, 1.165) is 17.7 Å². The highest BCUT2D eigenvalue weighted by atomic mass is 16.5. The molecule has 0 radical (unpaired) electrons. The molecule has 0 aromatic heterocycles. The van der Waals surface area contributed by atoms with Gasteiger partial charge in [-0.2, -0.15) is 5.26 Å². The lowest BCUT2D eigenvalue weighted by Crippen LogP contribution is -2.33. The lowest BCUT2D eigenvalue weighted by Gasteiger charge is -2.19. The first-order valence-corrected chi connectivity index (χ1v) is 8.95. The molecule has 1 aliphatic rings. The van der Waals surface area contributed by atoms with Crippen molar-refractivity contribution in [1.82, 2.24) is 4.90 Å². The van der Waals surface area contributed by atoms with E-state index >= 15 is 0 Å². The summed E-state index contributed by atoms with van der Waals surface area (Å²) in [6.07, 6.45) is 0.718. The summed E-state index contributed by atoms with van der Waals surface area (Å²) in [6, 6.07) is 16.4. The molecule has 0 bridgehead atoms. The molecule has 0 unspecified atom stereocenters. The molecule has 1 heterocycles. The number of anilines is 1. The fourth-order valence-electron chi connectivity index (χ4n) is 3.03. The van der Waals surface area contributed by atoms with Crippen molar-refractivity contribution >= 4 is 17.7 Å². The summed E-state index contributed by atoms with van der Waals surface area (Å²) in [6.45, 7) is 4.05. The van der Waals surface area contributed by atoms with Crippen molar-refractivity contribution in [3.63, 3.8) is 0 Å². The first-order valence-electron chi connectivity index (χ1n) is 8.95. The van der Waals surface area contributed by atoms with Gasteiger partial charge in [-0.3, -0.25) is 4.90 Å². The molecule has 6 nitrogen and oxygen atoms in total. The van der Waals surface area contributed by atoms with E-state index in [0.29, 0.717) is 37.4 Å². The maximum atomic E-state index is 12.6. The van der Waals surface area contributed by atoms with E-state index in [1.807, 2.05) is 17.0 Å². The summed E-state index contributed by atoms with van der Waals surface area (Å²) in [5, 5.41) is 8.88. The van der Waals surface area contributed by atoms with Crippen molar-refractivity contribution in [2.24, 2.45) is 0 Å². The zero-order valence-electron chi connectivity index (χ0n) is 15.2. The average molecular weight is 363 g/mol. The second-order valence-corrected chi connectivity index (χ2v) is 6.25. The largest absolute Gasteiger partial charge is 0.462 e. The average Bonchev–Trinajstić information content (AvgIpc) is 3.07. The van der Waals surface area contributed by atoms with Crippen LogP contribution in [0, 0.1) is 11.3 Å². The standard InChI is InChI=1S/C21H21N3O3/c1-2-27-20(25)18-7-3-16(4-8-18)11-12-23-13-14-24(21(23)26)19-9-5-17(15-22)6-10-19/h3-10H,2,11-14H2,1H3. The molecule has 0 saturated carbocycles. The van der Waals surface area contributed by atoms with Crippen molar-refractivity contribution in [3.8, 4) is 6.07 Å². The van der Waals surface area contributed by atoms with Gasteiger partial charge in [-0.05, 0) is 55.3 Å². The number of amides is 2. The number of carbonyl (C=O) groups excluding carboxylic acids is 2. The van der Waals surface area contributed by atoms with Crippen LogP contribution >= 0.6 is 0 Å². The number of benzene rings is 2. The second kappa shape index (κ2) is 8.37. The van der Waals surface area contributed by atoms with Crippen molar-refractivity contribution < 1.29 is 14.3 Å². The topological polar surface area (TPSA) is 73.6 Å². The Kier molecular flexibility index (Phi) is 5.72. The maximum Gasteiger partial charge on any atom is 0.338 e. The minimum Gasteiger partial charge on any atom is -0.462 e. The molecule has 0 aliphatic carbocycles. The Morgan fingerprint density at radius 1 is 1.11 bits per heavy atom. The molecule has 2 amide bonds. The SMILES string of the molecule is CCOC(=O)c1ccc(CCN2CCN(c3ccc(C#N)cc3)C2=O)cc1. The fraction of sp³-hybridized carbons (Fsp3) is 0.286. The number of carbonyl (C=O) groups is 2. The van der Waals surface area contributed by atoms with Gasteiger partial charge in [0, 0.05) is 25.3 Å². The third-order valence-corrected chi connectivity index (χ3v) is 4.54. The second-order valence-electron chi connectivity index (χ2n) is 6.25. The minimum atomic E-state index is -0.322. The zero-order valence-corrected chi connectivity index (χ0v) is 15.2. The van der Waals surface area contributed by atoms with Gasteiger partial charge in [-0.15, -0.1) is 0 Å². The molecule has 0 N–H and O–H groups in total. The van der Waals surface area contributed by atoms with E-state index < -0.39 is 0 Å². The molecule has 2 aromatic rings. The van der Waals surface area contributed by atoms with E-state index in [4.69, 9.17) is 10.00 Å². The number of hydrogen-bond acceptors (Lipinski definition) is 4. The molecule has 1 fully saturated rings. The Hall–Kier alpha value is -3.33. The lowest BCUT2D eigenvalue weighted by molar-refractivity contribution is 0.0526. The highest BCUT2D eigenvalue weighted by molar-refractivity contribution is 5.94. The Morgan fingerprint density at radius 2 is 1.81 bits per heavy atom. The van der Waals surface area contributed by atoms with Crippen molar-refractivity contribution in [2.45, 2.75) is 13.3 Å². The van der Waals surface area contributed by atoms with Crippen LogP contribution in [0.2, 0.25) is 0 Å². The summed E-state index contributed by atoms with van der Waals surface area (Å²) < 4.78 is 4.98. The molecule has 1 saturated heterocycles. The van der Waals surface area contributed by atoms with Crippen LogP contribution in [0.4, 0.5) is 10.5 Å². The first kappa shape index (κ1) is 18.5. The summed E-state index contributed by atoms with van der Waals surface area (Å²) in [5.41, 5.74) is 2.98. The number of hydrogen-bond donors (Lipinski definition) is 0. The minimum absolute atomic E-state index is 0.0251. The van der Waals surface area contributed by atoms with Crippen molar-refractivity contribution in [1.29, 1.82) is 5.26 Å². The van der Waals surface area contributed by atoms with Gasteiger partial charge in [0.05, 0.1) is 23.8 Å². The Labute approximate surface area is 158 Å². The van der Waals surface area contributed by atoms with Crippen LogP contribution in [0.15, 0.2) is 48.5 Å². The summed E-state index contributed by atoms with van der Waals surface area (Å²) in [7, 11) is 0. The van der Waals surface area contributed by atoms with Gasteiger partial charge in [0.2, 0.25) is 0 Å². The number of esters is 1. The van der Waals surface area contributed by atoms with Crippen LogP contribution < -0.4 is 4.90 Å². The third kappa shape index (κ3) is 4.26. The van der Waals surface area contributed by atoms with E-state index in [1.165, 1.54) is 0 Å². The predicted octanol–water partition coefficient (Wildman–Crippen LogP) is 3.22. The molecule has 0 spiro atoms. The molecule has 138 valence electrons. The number of ether oxygens (including phenoxy) is 1. The third-order valence-electron chi connectivity index (χ3n) is 4.54. The molecule has 3 rings (SSSR count). The Morgan fingerprint density at radius 3 is 2.44 bits per heavy atom. The van der Waals surface area contributed by atoms with Crippen LogP contribution in [0.25, 0.3) is 0 Å². The normalized spacial score (nSPS) is 13.6. The van der Waals surface area contributed by atoms with Gasteiger partial charge in [0.1, 0.15) is 0 Å². The van der Waals surface area contributed by atoms with Crippen LogP contribution in [-0.4, -0.2) is 43.1 Å². The van der Waals surface area contributed by atoms with Gasteiger partial charge in [0.15, 0.2) is 0 Å². The predicted molar refractivity (Wildman–Crippen MR) is 102 cm³/mol. The summed E-state index contributed by atoms with van der Waals surface area (Å²) in [5.74, 6) is -0.322. The van der Waals surface area contributed by atoms with Crippen molar-refractivity contribution in [2.75, 3.05) is 31.1 Å². The van der Waals surface area contributed by atoms with Gasteiger partial charge < -0.3 is 9.64 Å². The summed E-state index contributed by atoms with van der Waals surface area (Å²) in [4.78, 5) is 27.8.